The molecule has 0 bridgehead atoms. The van der Waals surface area contributed by atoms with Crippen LogP contribution in [0.1, 0.15) is 5.56 Å². The van der Waals surface area contributed by atoms with Crippen LogP contribution < -0.4 is 10.6 Å². The summed E-state index contributed by atoms with van der Waals surface area (Å²) in [6.45, 7) is 0.0870. The van der Waals surface area contributed by atoms with Gasteiger partial charge >= 0.3 is 0 Å². The average molecular weight is 277 g/mol. The van der Waals surface area contributed by atoms with Crippen LogP contribution in [0, 0.1) is 5.82 Å². The Hall–Kier alpha value is -2.60. The fourth-order valence-electron chi connectivity index (χ4n) is 1.90. The van der Waals surface area contributed by atoms with E-state index in [1.54, 1.807) is 0 Å². The van der Waals surface area contributed by atoms with Gasteiger partial charge in [-0.25, -0.2) is 4.39 Å². The zero-order chi connectivity index (χ0) is 14.5. The van der Waals surface area contributed by atoms with E-state index in [9.17, 15) is 14.0 Å². The molecule has 2 amide bonds. The Morgan fingerprint density at radius 1 is 1.45 bits per heavy atom. The Bertz CT molecular complexity index is 568. The Labute approximate surface area is 113 Å². The Morgan fingerprint density at radius 3 is 2.75 bits per heavy atom. The van der Waals surface area contributed by atoms with Crippen LogP contribution in [0.15, 0.2) is 29.4 Å². The summed E-state index contributed by atoms with van der Waals surface area (Å²) in [7, 11) is 0. The number of amides is 2. The summed E-state index contributed by atoms with van der Waals surface area (Å²) < 4.78 is 12.7. The quantitative estimate of drug-likeness (QED) is 0.357. The van der Waals surface area contributed by atoms with Gasteiger partial charge in [0, 0.05) is 11.5 Å². The van der Waals surface area contributed by atoms with Crippen LogP contribution in [0.4, 0.5) is 4.39 Å². The predicted molar refractivity (Wildman–Crippen MR) is 68.0 cm³/mol. The van der Waals surface area contributed by atoms with Crippen LogP contribution in [0.2, 0.25) is 0 Å². The van der Waals surface area contributed by atoms with E-state index < -0.39 is 6.04 Å². The van der Waals surface area contributed by atoms with Crippen molar-refractivity contribution >= 4 is 11.8 Å². The molecule has 0 spiro atoms. The fraction of sp³-hybridized carbons (Fsp3) is 0.333. The highest BCUT2D eigenvalue weighted by Gasteiger charge is 2.39. The summed E-state index contributed by atoms with van der Waals surface area (Å²) in [4.78, 5) is 25.7. The van der Waals surface area contributed by atoms with Crippen molar-refractivity contribution in [2.45, 2.75) is 18.5 Å². The third-order valence-electron chi connectivity index (χ3n) is 2.95. The number of β-lactam (4-membered cyclic amide) rings is 1. The van der Waals surface area contributed by atoms with Gasteiger partial charge in [-0.05, 0) is 23.2 Å². The maximum atomic E-state index is 12.7. The van der Waals surface area contributed by atoms with Crippen molar-refractivity contribution in [3.63, 3.8) is 0 Å². The first-order chi connectivity index (χ1) is 9.60. The summed E-state index contributed by atoms with van der Waals surface area (Å²) in [5, 5.41) is 8.45. The molecule has 1 aliphatic heterocycles. The largest absolute Gasteiger partial charge is 0.349 e. The fourth-order valence-corrected chi connectivity index (χ4v) is 1.90. The summed E-state index contributed by atoms with van der Waals surface area (Å²) in [6, 6.07) is 4.48. The molecule has 0 radical (unpaired) electrons. The molecule has 1 aromatic carbocycles. The van der Waals surface area contributed by atoms with Gasteiger partial charge in [0.05, 0.1) is 12.5 Å². The lowest BCUT2D eigenvalue weighted by molar-refractivity contribution is -0.135. The number of azide groups is 1. The second-order valence-corrected chi connectivity index (χ2v) is 4.38. The minimum Gasteiger partial charge on any atom is -0.349 e. The lowest BCUT2D eigenvalue weighted by Gasteiger charge is -2.36. The molecule has 104 valence electrons. The highest BCUT2D eigenvalue weighted by molar-refractivity contribution is 5.93. The van der Waals surface area contributed by atoms with Crippen molar-refractivity contribution < 1.29 is 14.0 Å². The van der Waals surface area contributed by atoms with E-state index in [0.717, 1.165) is 0 Å². The van der Waals surface area contributed by atoms with Crippen molar-refractivity contribution in [3.8, 4) is 0 Å². The second kappa shape index (κ2) is 6.03. The molecule has 1 aromatic rings. The molecule has 1 heterocycles. The van der Waals surface area contributed by atoms with Gasteiger partial charge in [-0.15, -0.1) is 0 Å². The molecule has 1 saturated heterocycles. The molecule has 0 saturated carbocycles. The van der Waals surface area contributed by atoms with E-state index in [2.05, 4.69) is 20.7 Å². The lowest BCUT2D eigenvalue weighted by Crippen LogP contribution is -2.70. The number of nitrogens with zero attached hydrogens (tertiary/aromatic N) is 3. The topological polar surface area (TPSA) is 107 Å². The molecule has 8 heteroatoms. The zero-order valence-electron chi connectivity index (χ0n) is 10.4. The van der Waals surface area contributed by atoms with Crippen LogP contribution in [-0.4, -0.2) is 30.4 Å². The Balaban J connectivity index is 1.88. The zero-order valence-corrected chi connectivity index (χ0v) is 10.4. The third-order valence-corrected chi connectivity index (χ3v) is 2.95. The van der Waals surface area contributed by atoms with Gasteiger partial charge in [-0.1, -0.05) is 17.2 Å². The van der Waals surface area contributed by atoms with Crippen LogP contribution in [0.25, 0.3) is 10.4 Å². The summed E-state index contributed by atoms with van der Waals surface area (Å²) in [5.74, 6) is -1.03. The molecule has 2 N–H and O–H groups in total. The number of hydrogen-bond acceptors (Lipinski definition) is 3. The first-order valence-corrected chi connectivity index (χ1v) is 5.95. The SMILES string of the molecule is [N-]=[N+]=NCC1NC(=O)C1NC(=O)Cc1ccc(F)cc1. The lowest BCUT2D eigenvalue weighted by atomic mass is 9.98. The number of hydrogen-bond donors (Lipinski definition) is 2. The van der Waals surface area contributed by atoms with Gasteiger partial charge in [0.25, 0.3) is 0 Å². The minimum atomic E-state index is -0.687. The molecule has 7 nitrogen and oxygen atoms in total. The molecule has 1 fully saturated rings. The molecule has 20 heavy (non-hydrogen) atoms. The summed E-state index contributed by atoms with van der Waals surface area (Å²) >= 11 is 0. The number of carbonyl (C=O) groups excluding carboxylic acids is 2. The van der Waals surface area contributed by atoms with Crippen molar-refractivity contribution in [3.05, 3.63) is 46.1 Å². The van der Waals surface area contributed by atoms with Crippen molar-refractivity contribution in [1.29, 1.82) is 0 Å². The number of rotatable bonds is 5. The molecule has 0 aliphatic carbocycles. The van der Waals surface area contributed by atoms with Gasteiger partial charge in [0.1, 0.15) is 11.9 Å². The van der Waals surface area contributed by atoms with Gasteiger partial charge in [0.2, 0.25) is 11.8 Å². The second-order valence-electron chi connectivity index (χ2n) is 4.38. The maximum Gasteiger partial charge on any atom is 0.245 e. The highest BCUT2D eigenvalue weighted by atomic mass is 19.1. The van der Waals surface area contributed by atoms with Crippen LogP contribution in [0.3, 0.4) is 0 Å². The molecule has 0 aromatic heterocycles. The maximum absolute atomic E-state index is 12.7. The molecular formula is C12H12FN5O2. The first-order valence-electron chi connectivity index (χ1n) is 5.95. The molecular weight excluding hydrogens is 265 g/mol. The molecule has 2 rings (SSSR count). The van der Waals surface area contributed by atoms with Crippen LogP contribution >= 0.6 is 0 Å². The molecule has 1 aliphatic rings. The molecule has 2 atom stereocenters. The third kappa shape index (κ3) is 3.24. The van der Waals surface area contributed by atoms with Gasteiger partial charge in [-0.3, -0.25) is 9.59 Å². The standard InChI is InChI=1S/C12H12FN5O2/c13-8-3-1-7(2-4-8)5-10(19)17-11-9(6-15-18-14)16-12(11)20/h1-4,9,11H,5-6H2,(H,16,20)(H,17,19). The average Bonchev–Trinajstić information content (AvgIpc) is 2.43. The van der Waals surface area contributed by atoms with Crippen molar-refractivity contribution in [2.24, 2.45) is 5.11 Å². The van der Waals surface area contributed by atoms with Gasteiger partial charge in [0.15, 0.2) is 0 Å². The Morgan fingerprint density at radius 2 is 2.15 bits per heavy atom. The van der Waals surface area contributed by atoms with Crippen LogP contribution in [0.5, 0.6) is 0 Å². The van der Waals surface area contributed by atoms with Crippen molar-refractivity contribution in [2.75, 3.05) is 6.54 Å². The first kappa shape index (κ1) is 13.8. The summed E-state index contributed by atoms with van der Waals surface area (Å²) in [5.41, 5.74) is 8.86. The Kier molecular flexibility index (Phi) is 4.17. The van der Waals surface area contributed by atoms with E-state index in [1.165, 1.54) is 24.3 Å². The van der Waals surface area contributed by atoms with E-state index in [0.29, 0.717) is 5.56 Å². The number of benzene rings is 1. The van der Waals surface area contributed by atoms with Gasteiger partial charge < -0.3 is 10.6 Å². The smallest absolute Gasteiger partial charge is 0.245 e. The van der Waals surface area contributed by atoms with E-state index in [1.807, 2.05) is 0 Å². The van der Waals surface area contributed by atoms with E-state index in [4.69, 9.17) is 5.53 Å². The van der Waals surface area contributed by atoms with E-state index in [-0.39, 0.29) is 36.6 Å². The van der Waals surface area contributed by atoms with Gasteiger partial charge in [-0.2, -0.15) is 0 Å². The number of carbonyl (C=O) groups is 2. The van der Waals surface area contributed by atoms with Crippen molar-refractivity contribution in [1.82, 2.24) is 10.6 Å². The monoisotopic (exact) mass is 277 g/mol. The molecule has 2 unspecified atom stereocenters. The number of nitrogens with one attached hydrogen (secondary N) is 2. The highest BCUT2D eigenvalue weighted by Crippen LogP contribution is 2.08. The minimum absolute atomic E-state index is 0.0539. The number of halogens is 1. The predicted octanol–water partition coefficient (Wildman–Crippen LogP) is 0.662. The van der Waals surface area contributed by atoms with Crippen LogP contribution in [-0.2, 0) is 16.0 Å². The normalized spacial score (nSPS) is 20.4. The summed E-state index contributed by atoms with van der Waals surface area (Å²) in [6.07, 6.45) is 0.0539. The van der Waals surface area contributed by atoms with E-state index >= 15 is 0 Å².